The van der Waals surface area contributed by atoms with Crippen molar-refractivity contribution in [2.24, 2.45) is 0 Å². The van der Waals surface area contributed by atoms with Gasteiger partial charge in [-0.15, -0.1) is 0 Å². The molecule has 1 heterocycles. The molecule has 1 amide bonds. The summed E-state index contributed by atoms with van der Waals surface area (Å²) in [4.78, 5) is 15.3. The first kappa shape index (κ1) is 14.1. The molecule has 0 spiro atoms. The zero-order valence-corrected chi connectivity index (χ0v) is 11.1. The highest BCUT2D eigenvalue weighted by molar-refractivity contribution is 5.94. The Hall–Kier alpha value is -2.27. The molecule has 0 unspecified atom stereocenters. The van der Waals surface area contributed by atoms with E-state index >= 15 is 0 Å². The van der Waals surface area contributed by atoms with Crippen LogP contribution in [0.25, 0.3) is 0 Å². The van der Waals surface area contributed by atoms with Gasteiger partial charge in [-0.2, -0.15) is 4.39 Å². The number of carbonyl (C=O) groups is 1. The number of carbonyl (C=O) groups excluding carboxylic acids is 1. The molecule has 0 saturated carbocycles. The van der Waals surface area contributed by atoms with Crippen LogP contribution in [0.2, 0.25) is 0 Å². The van der Waals surface area contributed by atoms with Crippen molar-refractivity contribution < 1.29 is 13.9 Å². The number of pyridine rings is 1. The van der Waals surface area contributed by atoms with E-state index in [-0.39, 0.29) is 5.56 Å². The Morgan fingerprint density at radius 1 is 1.30 bits per heavy atom. The zero-order chi connectivity index (χ0) is 14.4. The van der Waals surface area contributed by atoms with Crippen LogP contribution in [-0.2, 0) is 17.9 Å². The smallest absolute Gasteiger partial charge is 0.256 e. The second-order valence-corrected chi connectivity index (χ2v) is 4.28. The van der Waals surface area contributed by atoms with Crippen LogP contribution in [0.1, 0.15) is 21.5 Å². The number of amides is 1. The molecular weight excluding hydrogens is 259 g/mol. The molecule has 20 heavy (non-hydrogen) atoms. The Labute approximate surface area is 116 Å². The number of hydrogen-bond acceptors (Lipinski definition) is 3. The van der Waals surface area contributed by atoms with Crippen molar-refractivity contribution in [3.63, 3.8) is 0 Å². The van der Waals surface area contributed by atoms with Crippen LogP contribution in [0.5, 0.6) is 0 Å². The summed E-state index contributed by atoms with van der Waals surface area (Å²) in [6.45, 7) is 0.837. The highest BCUT2D eigenvalue weighted by Crippen LogP contribution is 2.07. The van der Waals surface area contributed by atoms with Gasteiger partial charge < -0.3 is 10.1 Å². The van der Waals surface area contributed by atoms with Crippen molar-refractivity contribution in [2.75, 3.05) is 7.11 Å². The van der Waals surface area contributed by atoms with E-state index in [1.165, 1.54) is 18.3 Å². The first-order valence-electron chi connectivity index (χ1n) is 6.16. The topological polar surface area (TPSA) is 51.2 Å². The monoisotopic (exact) mass is 274 g/mol. The molecule has 0 aliphatic rings. The molecular formula is C15H15FN2O2. The van der Waals surface area contributed by atoms with E-state index in [0.29, 0.717) is 13.2 Å². The lowest BCUT2D eigenvalue weighted by molar-refractivity contribution is 0.0946. The van der Waals surface area contributed by atoms with E-state index in [4.69, 9.17) is 4.74 Å². The van der Waals surface area contributed by atoms with Crippen LogP contribution in [0, 0.1) is 5.95 Å². The molecule has 0 saturated heterocycles. The average molecular weight is 274 g/mol. The van der Waals surface area contributed by atoms with Crippen molar-refractivity contribution in [1.29, 1.82) is 0 Å². The molecule has 2 aromatic rings. The minimum Gasteiger partial charge on any atom is -0.380 e. The second kappa shape index (κ2) is 6.77. The fraction of sp³-hybridized carbons (Fsp3) is 0.200. The van der Waals surface area contributed by atoms with Crippen molar-refractivity contribution in [3.8, 4) is 0 Å². The van der Waals surface area contributed by atoms with Crippen LogP contribution >= 0.6 is 0 Å². The molecule has 0 aliphatic heterocycles. The zero-order valence-electron chi connectivity index (χ0n) is 11.1. The van der Waals surface area contributed by atoms with Gasteiger partial charge in [0.05, 0.1) is 12.2 Å². The predicted molar refractivity (Wildman–Crippen MR) is 72.5 cm³/mol. The molecule has 0 bridgehead atoms. The summed E-state index contributed by atoms with van der Waals surface area (Å²) in [5.74, 6) is -1.24. The fourth-order valence-electron chi connectivity index (χ4n) is 1.83. The Balaban J connectivity index is 2.00. The Morgan fingerprint density at radius 2 is 2.10 bits per heavy atom. The molecule has 2 rings (SSSR count). The Bertz CT molecular complexity index is 602. The minimum absolute atomic E-state index is 0.0550. The Morgan fingerprint density at radius 3 is 2.85 bits per heavy atom. The number of nitrogens with one attached hydrogen (secondary N) is 1. The van der Waals surface area contributed by atoms with Crippen molar-refractivity contribution in [2.45, 2.75) is 13.2 Å². The highest BCUT2D eigenvalue weighted by atomic mass is 19.1. The molecule has 0 radical (unpaired) electrons. The van der Waals surface area contributed by atoms with Crippen LogP contribution in [0.3, 0.4) is 0 Å². The van der Waals surface area contributed by atoms with Crippen LogP contribution in [0.4, 0.5) is 4.39 Å². The van der Waals surface area contributed by atoms with Gasteiger partial charge >= 0.3 is 0 Å². The summed E-state index contributed by atoms with van der Waals surface area (Å²) in [6.07, 6.45) is 1.31. The summed E-state index contributed by atoms with van der Waals surface area (Å²) in [5.41, 5.74) is 1.89. The summed E-state index contributed by atoms with van der Waals surface area (Å²) in [5, 5.41) is 2.67. The number of methoxy groups -OCH3 is 1. The summed E-state index contributed by atoms with van der Waals surface area (Å²) in [6, 6.07) is 10.6. The number of halogens is 1. The largest absolute Gasteiger partial charge is 0.380 e. The normalized spacial score (nSPS) is 10.3. The number of nitrogens with zero attached hydrogens (tertiary/aromatic N) is 1. The minimum atomic E-state index is -0.766. The van der Waals surface area contributed by atoms with Gasteiger partial charge in [-0.3, -0.25) is 4.79 Å². The SMILES string of the molecule is COCc1cccc(CNC(=O)c2cccnc2F)c1. The van der Waals surface area contributed by atoms with E-state index in [9.17, 15) is 9.18 Å². The molecule has 1 aromatic carbocycles. The van der Waals surface area contributed by atoms with Crippen LogP contribution in [-0.4, -0.2) is 18.0 Å². The van der Waals surface area contributed by atoms with E-state index in [1.54, 1.807) is 7.11 Å². The molecule has 5 heteroatoms. The molecule has 4 nitrogen and oxygen atoms in total. The fourth-order valence-corrected chi connectivity index (χ4v) is 1.83. The van der Waals surface area contributed by atoms with Gasteiger partial charge in [-0.1, -0.05) is 24.3 Å². The van der Waals surface area contributed by atoms with Gasteiger partial charge in [0.2, 0.25) is 5.95 Å². The maximum Gasteiger partial charge on any atom is 0.256 e. The highest BCUT2D eigenvalue weighted by Gasteiger charge is 2.11. The van der Waals surface area contributed by atoms with Gasteiger partial charge in [-0.05, 0) is 23.3 Å². The number of benzene rings is 1. The predicted octanol–water partition coefficient (Wildman–Crippen LogP) is 2.30. The quantitative estimate of drug-likeness (QED) is 0.851. The lowest BCUT2D eigenvalue weighted by atomic mass is 10.1. The number of hydrogen-bond donors (Lipinski definition) is 1. The van der Waals surface area contributed by atoms with Gasteiger partial charge in [-0.25, -0.2) is 4.98 Å². The number of rotatable bonds is 5. The molecule has 1 N–H and O–H groups in total. The lowest BCUT2D eigenvalue weighted by Crippen LogP contribution is -2.24. The van der Waals surface area contributed by atoms with Crippen molar-refractivity contribution >= 4 is 5.91 Å². The maximum absolute atomic E-state index is 13.3. The third kappa shape index (κ3) is 3.61. The third-order valence-corrected chi connectivity index (χ3v) is 2.76. The number of aromatic nitrogens is 1. The van der Waals surface area contributed by atoms with Crippen LogP contribution < -0.4 is 5.32 Å². The Kier molecular flexibility index (Phi) is 4.79. The van der Waals surface area contributed by atoms with Gasteiger partial charge in [0.15, 0.2) is 0 Å². The van der Waals surface area contributed by atoms with Crippen LogP contribution in [0.15, 0.2) is 42.6 Å². The van der Waals surface area contributed by atoms with E-state index in [2.05, 4.69) is 10.3 Å². The number of ether oxygens (including phenoxy) is 1. The first-order valence-corrected chi connectivity index (χ1v) is 6.16. The molecule has 0 aliphatic carbocycles. The standard InChI is InChI=1S/C15H15FN2O2/c1-20-10-12-5-2-4-11(8-12)9-18-15(19)13-6-3-7-17-14(13)16/h2-8H,9-10H2,1H3,(H,18,19). The molecule has 0 fully saturated rings. The molecule has 0 atom stereocenters. The second-order valence-electron chi connectivity index (χ2n) is 4.28. The van der Waals surface area contributed by atoms with Gasteiger partial charge in [0.25, 0.3) is 5.91 Å². The third-order valence-electron chi connectivity index (χ3n) is 2.76. The van der Waals surface area contributed by atoms with E-state index in [1.807, 2.05) is 24.3 Å². The first-order chi connectivity index (χ1) is 9.70. The maximum atomic E-state index is 13.3. The van der Waals surface area contributed by atoms with Gasteiger partial charge in [0, 0.05) is 19.9 Å². The van der Waals surface area contributed by atoms with E-state index in [0.717, 1.165) is 11.1 Å². The van der Waals surface area contributed by atoms with E-state index < -0.39 is 11.9 Å². The van der Waals surface area contributed by atoms with Crippen molar-refractivity contribution in [3.05, 3.63) is 65.2 Å². The summed E-state index contributed by atoms with van der Waals surface area (Å²) < 4.78 is 18.4. The summed E-state index contributed by atoms with van der Waals surface area (Å²) >= 11 is 0. The lowest BCUT2D eigenvalue weighted by Gasteiger charge is -2.07. The summed E-state index contributed by atoms with van der Waals surface area (Å²) in [7, 11) is 1.62. The molecule has 104 valence electrons. The average Bonchev–Trinajstić information content (AvgIpc) is 2.46. The van der Waals surface area contributed by atoms with Crippen molar-refractivity contribution in [1.82, 2.24) is 10.3 Å². The van der Waals surface area contributed by atoms with Gasteiger partial charge in [0.1, 0.15) is 0 Å². The molecule has 1 aromatic heterocycles.